The molecule has 0 saturated carbocycles. The van der Waals surface area contributed by atoms with E-state index in [1.807, 2.05) is 13.8 Å². The summed E-state index contributed by atoms with van der Waals surface area (Å²) < 4.78 is 0. The van der Waals surface area contributed by atoms with Gasteiger partial charge >= 0.3 is 0 Å². The van der Waals surface area contributed by atoms with E-state index >= 15 is 0 Å². The molecule has 0 unspecified atom stereocenters. The lowest BCUT2D eigenvalue weighted by Crippen LogP contribution is -2.21. The number of nitrogens with one attached hydrogen (secondary N) is 3. The van der Waals surface area contributed by atoms with Gasteiger partial charge in [0.05, 0.1) is 6.20 Å². The van der Waals surface area contributed by atoms with Gasteiger partial charge in [0.15, 0.2) is 0 Å². The number of anilines is 1. The van der Waals surface area contributed by atoms with Gasteiger partial charge < -0.3 is 10.6 Å². The van der Waals surface area contributed by atoms with E-state index in [-0.39, 0.29) is 5.91 Å². The molecule has 5 nitrogen and oxygen atoms in total. The second-order valence-electron chi connectivity index (χ2n) is 3.28. The molecular formula is C10H18N4O. The highest BCUT2D eigenvalue weighted by atomic mass is 16.1. The fourth-order valence-corrected chi connectivity index (χ4v) is 1.27. The zero-order valence-electron chi connectivity index (χ0n) is 9.26. The standard InChI is InChI=1S/C10H18N4O/c1-3-8-7-12-14-10(8)13-9(15)5-6-11-4-2/h7,11H,3-6H2,1-2H3,(H2,12,13,14,15). The monoisotopic (exact) mass is 210 g/mol. The van der Waals surface area contributed by atoms with Crippen LogP contribution < -0.4 is 10.6 Å². The first-order chi connectivity index (χ1) is 7.27. The maximum Gasteiger partial charge on any atom is 0.226 e. The SMILES string of the molecule is CCNCCC(=O)Nc1[nH]ncc1CC. The fourth-order valence-electron chi connectivity index (χ4n) is 1.27. The second-order valence-corrected chi connectivity index (χ2v) is 3.28. The van der Waals surface area contributed by atoms with Crippen molar-refractivity contribution in [2.24, 2.45) is 0 Å². The summed E-state index contributed by atoms with van der Waals surface area (Å²) in [7, 11) is 0. The van der Waals surface area contributed by atoms with Crippen LogP contribution in [0, 0.1) is 0 Å². The van der Waals surface area contributed by atoms with Crippen molar-refractivity contribution < 1.29 is 4.79 Å². The van der Waals surface area contributed by atoms with Crippen molar-refractivity contribution in [2.45, 2.75) is 26.7 Å². The molecule has 0 spiro atoms. The molecule has 0 radical (unpaired) electrons. The lowest BCUT2D eigenvalue weighted by atomic mass is 10.2. The first-order valence-corrected chi connectivity index (χ1v) is 5.30. The molecule has 0 bridgehead atoms. The molecule has 0 atom stereocenters. The van der Waals surface area contributed by atoms with Crippen LogP contribution in [0.1, 0.15) is 25.8 Å². The molecule has 15 heavy (non-hydrogen) atoms. The summed E-state index contributed by atoms with van der Waals surface area (Å²) in [6.45, 7) is 5.64. The Labute approximate surface area is 89.6 Å². The van der Waals surface area contributed by atoms with Gasteiger partial charge in [-0.3, -0.25) is 9.89 Å². The number of hydrogen-bond acceptors (Lipinski definition) is 3. The molecule has 1 aromatic heterocycles. The Hall–Kier alpha value is -1.36. The first kappa shape index (κ1) is 11.7. The first-order valence-electron chi connectivity index (χ1n) is 5.30. The summed E-state index contributed by atoms with van der Waals surface area (Å²) in [6, 6.07) is 0. The average Bonchev–Trinajstić information content (AvgIpc) is 2.65. The van der Waals surface area contributed by atoms with Crippen molar-refractivity contribution in [1.29, 1.82) is 0 Å². The van der Waals surface area contributed by atoms with E-state index in [1.54, 1.807) is 6.20 Å². The normalized spacial score (nSPS) is 10.3. The summed E-state index contributed by atoms with van der Waals surface area (Å²) in [4.78, 5) is 11.5. The smallest absolute Gasteiger partial charge is 0.226 e. The number of hydrogen-bond donors (Lipinski definition) is 3. The largest absolute Gasteiger partial charge is 0.316 e. The topological polar surface area (TPSA) is 69.8 Å². The van der Waals surface area contributed by atoms with E-state index in [4.69, 9.17) is 0 Å². The minimum atomic E-state index is 0.00917. The highest BCUT2D eigenvalue weighted by Crippen LogP contribution is 2.10. The number of amides is 1. The van der Waals surface area contributed by atoms with E-state index in [2.05, 4.69) is 20.8 Å². The van der Waals surface area contributed by atoms with Gasteiger partial charge in [-0.2, -0.15) is 5.10 Å². The predicted octanol–water partition coefficient (Wildman–Crippen LogP) is 0.910. The number of carbonyl (C=O) groups excluding carboxylic acids is 1. The molecule has 0 aromatic carbocycles. The van der Waals surface area contributed by atoms with Gasteiger partial charge in [-0.05, 0) is 13.0 Å². The maximum atomic E-state index is 11.5. The number of aryl methyl sites for hydroxylation is 1. The molecule has 5 heteroatoms. The quantitative estimate of drug-likeness (QED) is 0.611. The summed E-state index contributed by atoms with van der Waals surface area (Å²) in [5.74, 6) is 0.730. The van der Waals surface area contributed by atoms with E-state index in [0.717, 1.165) is 24.3 Å². The number of H-pyrrole nitrogens is 1. The van der Waals surface area contributed by atoms with Crippen molar-refractivity contribution in [1.82, 2.24) is 15.5 Å². The maximum absolute atomic E-state index is 11.5. The van der Waals surface area contributed by atoms with E-state index in [0.29, 0.717) is 13.0 Å². The van der Waals surface area contributed by atoms with Crippen LogP contribution >= 0.6 is 0 Å². The number of aromatic amines is 1. The van der Waals surface area contributed by atoms with Crippen molar-refractivity contribution in [3.63, 3.8) is 0 Å². The van der Waals surface area contributed by atoms with Gasteiger partial charge in [0.25, 0.3) is 0 Å². The third kappa shape index (κ3) is 3.71. The molecule has 1 heterocycles. The lowest BCUT2D eigenvalue weighted by molar-refractivity contribution is -0.116. The van der Waals surface area contributed by atoms with Gasteiger partial charge in [0.2, 0.25) is 5.91 Å². The van der Waals surface area contributed by atoms with Crippen molar-refractivity contribution in [3.05, 3.63) is 11.8 Å². The molecule has 1 rings (SSSR count). The molecule has 0 aliphatic carbocycles. The third-order valence-corrected chi connectivity index (χ3v) is 2.14. The Morgan fingerprint density at radius 2 is 2.33 bits per heavy atom. The van der Waals surface area contributed by atoms with Gasteiger partial charge in [-0.1, -0.05) is 13.8 Å². The van der Waals surface area contributed by atoms with Gasteiger partial charge in [-0.15, -0.1) is 0 Å². The summed E-state index contributed by atoms with van der Waals surface area (Å²) in [5, 5.41) is 12.6. The van der Waals surface area contributed by atoms with Crippen LogP contribution in [0.25, 0.3) is 0 Å². The Bertz CT molecular complexity index is 308. The van der Waals surface area contributed by atoms with Crippen LogP contribution in [0.2, 0.25) is 0 Å². The Balaban J connectivity index is 2.37. The van der Waals surface area contributed by atoms with E-state index in [1.165, 1.54) is 0 Å². The minimum absolute atomic E-state index is 0.00917. The molecule has 1 aromatic rings. The van der Waals surface area contributed by atoms with E-state index in [9.17, 15) is 4.79 Å². The number of aromatic nitrogens is 2. The molecular weight excluding hydrogens is 192 g/mol. The minimum Gasteiger partial charge on any atom is -0.316 e. The second kappa shape index (κ2) is 6.19. The zero-order chi connectivity index (χ0) is 11.1. The predicted molar refractivity (Wildman–Crippen MR) is 59.8 cm³/mol. The van der Waals surface area contributed by atoms with Gasteiger partial charge in [0, 0.05) is 18.5 Å². The van der Waals surface area contributed by atoms with Crippen molar-refractivity contribution in [2.75, 3.05) is 18.4 Å². The molecule has 0 aliphatic rings. The molecule has 3 N–H and O–H groups in total. The highest BCUT2D eigenvalue weighted by molar-refractivity contribution is 5.90. The number of rotatable bonds is 6. The zero-order valence-corrected chi connectivity index (χ0v) is 9.26. The Morgan fingerprint density at radius 1 is 1.53 bits per heavy atom. The van der Waals surface area contributed by atoms with Crippen molar-refractivity contribution >= 4 is 11.7 Å². The lowest BCUT2D eigenvalue weighted by Gasteiger charge is -2.04. The average molecular weight is 210 g/mol. The third-order valence-electron chi connectivity index (χ3n) is 2.14. The van der Waals surface area contributed by atoms with Crippen LogP contribution in [0.5, 0.6) is 0 Å². The highest BCUT2D eigenvalue weighted by Gasteiger charge is 2.06. The van der Waals surface area contributed by atoms with Crippen molar-refractivity contribution in [3.8, 4) is 0 Å². The fraction of sp³-hybridized carbons (Fsp3) is 0.600. The van der Waals surface area contributed by atoms with Crippen LogP contribution in [0.15, 0.2) is 6.20 Å². The number of carbonyl (C=O) groups is 1. The number of nitrogens with zero attached hydrogens (tertiary/aromatic N) is 1. The van der Waals surface area contributed by atoms with Crippen LogP contribution in [0.4, 0.5) is 5.82 Å². The molecule has 0 saturated heterocycles. The molecule has 0 aliphatic heterocycles. The summed E-state index contributed by atoms with van der Waals surface area (Å²) >= 11 is 0. The summed E-state index contributed by atoms with van der Waals surface area (Å²) in [6.07, 6.45) is 3.08. The Morgan fingerprint density at radius 3 is 3.00 bits per heavy atom. The summed E-state index contributed by atoms with van der Waals surface area (Å²) in [5.41, 5.74) is 1.03. The van der Waals surface area contributed by atoms with Crippen LogP contribution in [-0.2, 0) is 11.2 Å². The van der Waals surface area contributed by atoms with E-state index < -0.39 is 0 Å². The van der Waals surface area contributed by atoms with Gasteiger partial charge in [0.1, 0.15) is 5.82 Å². The van der Waals surface area contributed by atoms with Crippen LogP contribution in [-0.4, -0.2) is 29.2 Å². The molecule has 84 valence electrons. The Kier molecular flexibility index (Phi) is 4.83. The molecule has 1 amide bonds. The van der Waals surface area contributed by atoms with Crippen LogP contribution in [0.3, 0.4) is 0 Å². The molecule has 0 fully saturated rings. The van der Waals surface area contributed by atoms with Gasteiger partial charge in [-0.25, -0.2) is 0 Å².